The Kier molecular flexibility index (Phi) is 6.68. The number of carbonyl (C=O) groups is 1. The molecule has 0 bridgehead atoms. The van der Waals surface area contributed by atoms with E-state index in [-0.39, 0.29) is 5.91 Å². The van der Waals surface area contributed by atoms with Gasteiger partial charge in [0, 0.05) is 50.0 Å². The first kappa shape index (κ1) is 19.9. The highest BCUT2D eigenvalue weighted by Crippen LogP contribution is 2.21. The van der Waals surface area contributed by atoms with Crippen LogP contribution in [0.4, 0.5) is 17.5 Å². The second kappa shape index (κ2) is 9.39. The molecule has 3 rings (SSSR count). The molecule has 1 N–H and O–H groups in total. The second-order valence-electron chi connectivity index (χ2n) is 7.02. The van der Waals surface area contributed by atoms with Crippen LogP contribution in [-0.4, -0.2) is 54.1 Å². The minimum absolute atomic E-state index is 0.258. The molecule has 0 atom stereocenters. The molecule has 1 fully saturated rings. The van der Waals surface area contributed by atoms with Crippen molar-refractivity contribution in [3.63, 3.8) is 0 Å². The van der Waals surface area contributed by atoms with Gasteiger partial charge in [-0.1, -0.05) is 13.3 Å². The molecule has 150 valence electrons. The fraction of sp³-hybridized carbons (Fsp3) is 0.476. The summed E-state index contributed by atoms with van der Waals surface area (Å²) in [6.07, 6.45) is 2.65. The lowest BCUT2D eigenvalue weighted by atomic mass is 10.2. The smallest absolute Gasteiger partial charge is 0.227 e. The van der Waals surface area contributed by atoms with Crippen LogP contribution in [0.1, 0.15) is 31.9 Å². The molecule has 0 saturated carbocycles. The van der Waals surface area contributed by atoms with Crippen molar-refractivity contribution < 1.29 is 9.53 Å². The first-order valence-corrected chi connectivity index (χ1v) is 9.88. The van der Waals surface area contributed by atoms with Gasteiger partial charge in [0.05, 0.1) is 7.11 Å². The predicted molar refractivity (Wildman–Crippen MR) is 111 cm³/mol. The van der Waals surface area contributed by atoms with Crippen molar-refractivity contribution in [2.75, 3.05) is 43.5 Å². The Bertz CT molecular complexity index is 786. The molecule has 2 aromatic rings. The lowest BCUT2D eigenvalue weighted by molar-refractivity contribution is -0.131. The number of unbranched alkanes of at least 4 members (excludes halogenated alkanes) is 1. The highest BCUT2D eigenvalue weighted by Gasteiger charge is 2.22. The molecule has 0 aliphatic carbocycles. The number of aromatic nitrogens is 2. The number of aryl methyl sites for hydroxylation is 1. The molecule has 2 heterocycles. The number of nitrogens with one attached hydrogen (secondary N) is 1. The average Bonchev–Trinajstić information content (AvgIpc) is 2.72. The van der Waals surface area contributed by atoms with E-state index in [1.165, 1.54) is 0 Å². The van der Waals surface area contributed by atoms with Crippen molar-refractivity contribution in [3.05, 3.63) is 36.0 Å². The van der Waals surface area contributed by atoms with E-state index in [1.807, 2.05) is 42.2 Å². The van der Waals surface area contributed by atoms with Gasteiger partial charge < -0.3 is 19.9 Å². The SMILES string of the molecule is CCCCC(=O)N1CCN(c2nc(C)cc(Nc3ccc(OC)cc3)n2)CC1. The molecule has 7 nitrogen and oxygen atoms in total. The molecule has 0 radical (unpaired) electrons. The zero-order valence-electron chi connectivity index (χ0n) is 16.9. The number of rotatable bonds is 7. The summed E-state index contributed by atoms with van der Waals surface area (Å²) in [4.78, 5) is 25.6. The summed E-state index contributed by atoms with van der Waals surface area (Å²) < 4.78 is 5.20. The van der Waals surface area contributed by atoms with Crippen molar-refractivity contribution in [3.8, 4) is 5.75 Å². The van der Waals surface area contributed by atoms with Gasteiger partial charge in [0.2, 0.25) is 11.9 Å². The van der Waals surface area contributed by atoms with E-state index in [0.29, 0.717) is 12.4 Å². The highest BCUT2D eigenvalue weighted by atomic mass is 16.5. The predicted octanol–water partition coefficient (Wildman–Crippen LogP) is 3.38. The summed E-state index contributed by atoms with van der Waals surface area (Å²) >= 11 is 0. The van der Waals surface area contributed by atoms with Crippen molar-refractivity contribution in [1.82, 2.24) is 14.9 Å². The monoisotopic (exact) mass is 383 g/mol. The Hall–Kier alpha value is -2.83. The molecule has 7 heteroatoms. The van der Waals surface area contributed by atoms with E-state index in [1.54, 1.807) is 7.11 Å². The Balaban J connectivity index is 1.64. The molecule has 1 aliphatic heterocycles. The maximum absolute atomic E-state index is 12.2. The number of benzene rings is 1. The Morgan fingerprint density at radius 3 is 2.50 bits per heavy atom. The van der Waals surface area contributed by atoms with Gasteiger partial charge in [-0.05, 0) is 37.6 Å². The lowest BCUT2D eigenvalue weighted by Gasteiger charge is -2.35. The van der Waals surface area contributed by atoms with Gasteiger partial charge in [-0.25, -0.2) is 4.98 Å². The first-order chi connectivity index (χ1) is 13.6. The quantitative estimate of drug-likeness (QED) is 0.790. The summed E-state index contributed by atoms with van der Waals surface area (Å²) in [5, 5.41) is 3.33. The van der Waals surface area contributed by atoms with Gasteiger partial charge in [0.1, 0.15) is 11.6 Å². The number of hydrogen-bond acceptors (Lipinski definition) is 6. The van der Waals surface area contributed by atoms with E-state index in [0.717, 1.165) is 62.0 Å². The van der Waals surface area contributed by atoms with Crippen LogP contribution in [0.25, 0.3) is 0 Å². The van der Waals surface area contributed by atoms with E-state index < -0.39 is 0 Å². The zero-order chi connectivity index (χ0) is 19.9. The Labute approximate surface area is 166 Å². The third-order valence-electron chi connectivity index (χ3n) is 4.86. The number of nitrogens with zero attached hydrogens (tertiary/aromatic N) is 4. The summed E-state index contributed by atoms with van der Waals surface area (Å²) in [5.41, 5.74) is 1.85. The van der Waals surface area contributed by atoms with Crippen LogP contribution in [0.3, 0.4) is 0 Å². The van der Waals surface area contributed by atoms with E-state index >= 15 is 0 Å². The topological polar surface area (TPSA) is 70.6 Å². The van der Waals surface area contributed by atoms with Crippen LogP contribution in [0.2, 0.25) is 0 Å². The minimum Gasteiger partial charge on any atom is -0.497 e. The summed E-state index contributed by atoms with van der Waals surface area (Å²) in [7, 11) is 1.65. The molecule has 0 spiro atoms. The van der Waals surface area contributed by atoms with E-state index in [2.05, 4.69) is 27.1 Å². The molecule has 0 unspecified atom stereocenters. The fourth-order valence-electron chi connectivity index (χ4n) is 3.22. The normalized spacial score (nSPS) is 14.1. The van der Waals surface area contributed by atoms with E-state index in [4.69, 9.17) is 4.74 Å². The number of methoxy groups -OCH3 is 1. The lowest BCUT2D eigenvalue weighted by Crippen LogP contribution is -2.49. The van der Waals surface area contributed by atoms with Gasteiger partial charge in [-0.2, -0.15) is 4.98 Å². The first-order valence-electron chi connectivity index (χ1n) is 9.88. The average molecular weight is 383 g/mol. The number of anilines is 3. The van der Waals surface area contributed by atoms with Crippen LogP contribution in [-0.2, 0) is 4.79 Å². The second-order valence-corrected chi connectivity index (χ2v) is 7.02. The fourth-order valence-corrected chi connectivity index (χ4v) is 3.22. The molecule has 1 amide bonds. The Morgan fingerprint density at radius 1 is 1.14 bits per heavy atom. The summed E-state index contributed by atoms with van der Waals surface area (Å²) in [6.45, 7) is 7.03. The van der Waals surface area contributed by atoms with Gasteiger partial charge >= 0.3 is 0 Å². The Morgan fingerprint density at radius 2 is 1.86 bits per heavy atom. The van der Waals surface area contributed by atoms with Crippen LogP contribution in [0, 0.1) is 6.92 Å². The van der Waals surface area contributed by atoms with Crippen LogP contribution >= 0.6 is 0 Å². The standard InChI is InChI=1S/C21H29N5O2/c1-4-5-6-20(27)25-11-13-26(14-12-25)21-22-16(2)15-19(24-21)23-17-7-9-18(28-3)10-8-17/h7-10,15H,4-6,11-14H2,1-3H3,(H,22,23,24). The van der Waals surface area contributed by atoms with Crippen molar-refractivity contribution in [1.29, 1.82) is 0 Å². The maximum atomic E-state index is 12.2. The third-order valence-corrected chi connectivity index (χ3v) is 4.86. The molecule has 1 saturated heterocycles. The van der Waals surface area contributed by atoms with Gasteiger partial charge in [-0.3, -0.25) is 4.79 Å². The maximum Gasteiger partial charge on any atom is 0.227 e. The van der Waals surface area contributed by atoms with Crippen molar-refractivity contribution in [2.45, 2.75) is 33.1 Å². The molecule has 28 heavy (non-hydrogen) atoms. The number of ether oxygens (including phenoxy) is 1. The molecular formula is C21H29N5O2. The van der Waals surface area contributed by atoms with Crippen LogP contribution < -0.4 is 15.0 Å². The summed E-state index contributed by atoms with van der Waals surface area (Å²) in [6, 6.07) is 9.66. The molecule has 1 aliphatic rings. The minimum atomic E-state index is 0.258. The number of carbonyl (C=O) groups excluding carboxylic acids is 1. The van der Waals surface area contributed by atoms with Gasteiger partial charge in [0.15, 0.2) is 0 Å². The number of hydrogen-bond donors (Lipinski definition) is 1. The van der Waals surface area contributed by atoms with Crippen molar-refractivity contribution >= 4 is 23.4 Å². The zero-order valence-corrected chi connectivity index (χ0v) is 16.9. The summed E-state index contributed by atoms with van der Waals surface area (Å²) in [5.74, 6) is 2.54. The third kappa shape index (κ3) is 5.12. The van der Waals surface area contributed by atoms with Crippen LogP contribution in [0.15, 0.2) is 30.3 Å². The highest BCUT2D eigenvalue weighted by molar-refractivity contribution is 5.76. The van der Waals surface area contributed by atoms with E-state index in [9.17, 15) is 4.79 Å². The number of piperazine rings is 1. The number of amides is 1. The molecule has 1 aromatic carbocycles. The largest absolute Gasteiger partial charge is 0.497 e. The van der Waals surface area contributed by atoms with Gasteiger partial charge in [-0.15, -0.1) is 0 Å². The van der Waals surface area contributed by atoms with Crippen molar-refractivity contribution in [2.24, 2.45) is 0 Å². The molecular weight excluding hydrogens is 354 g/mol. The van der Waals surface area contributed by atoms with Crippen LogP contribution in [0.5, 0.6) is 5.75 Å². The van der Waals surface area contributed by atoms with Gasteiger partial charge in [0.25, 0.3) is 0 Å². The molecule has 1 aromatic heterocycles.